The molecule has 0 spiro atoms. The fourth-order valence-corrected chi connectivity index (χ4v) is 14.3. The van der Waals surface area contributed by atoms with Crippen LogP contribution in [0.2, 0.25) is 0 Å². The first-order chi connectivity index (χ1) is 50.5. The van der Waals surface area contributed by atoms with Crippen LogP contribution in [0.1, 0.15) is 433 Å². The molecule has 5 atom stereocenters. The van der Waals surface area contributed by atoms with Crippen LogP contribution >= 0.6 is 15.6 Å². The third kappa shape index (κ3) is 77.7. The van der Waals surface area contributed by atoms with Gasteiger partial charge in [0.1, 0.15) is 19.3 Å². The number of allylic oxidation sites excluding steroid dienone is 4. The number of hydrogen-bond donors (Lipinski definition) is 3. The first kappa shape index (κ1) is 102. The second-order valence-corrected chi connectivity index (χ2v) is 33.3. The van der Waals surface area contributed by atoms with Crippen LogP contribution in [0.15, 0.2) is 24.3 Å². The normalized spacial score (nSPS) is 13.9. The van der Waals surface area contributed by atoms with E-state index >= 15 is 0 Å². The molecule has 0 bridgehead atoms. The van der Waals surface area contributed by atoms with Crippen LogP contribution in [0.5, 0.6) is 0 Å². The molecule has 0 aliphatic rings. The number of carbonyl (C=O) groups excluding carboxylic acids is 4. The minimum atomic E-state index is -4.97. The molecule has 0 aliphatic carbocycles. The summed E-state index contributed by atoms with van der Waals surface area (Å²) >= 11 is 0. The van der Waals surface area contributed by atoms with Gasteiger partial charge in [-0.05, 0) is 57.3 Å². The van der Waals surface area contributed by atoms with Gasteiger partial charge in [-0.2, -0.15) is 0 Å². The average molecular weight is 1520 g/mol. The summed E-state index contributed by atoms with van der Waals surface area (Å²) in [5, 5.41) is 10.7. The van der Waals surface area contributed by atoms with Crippen LogP contribution in [0, 0.1) is 5.92 Å². The van der Waals surface area contributed by atoms with Crippen molar-refractivity contribution in [1.29, 1.82) is 0 Å². The third-order valence-corrected chi connectivity index (χ3v) is 21.3. The molecule has 0 radical (unpaired) electrons. The van der Waals surface area contributed by atoms with Gasteiger partial charge in [0.15, 0.2) is 12.2 Å². The monoisotopic (exact) mass is 1520 g/mol. The van der Waals surface area contributed by atoms with Crippen LogP contribution in [0.25, 0.3) is 0 Å². The Bertz CT molecular complexity index is 2070. The SMILES string of the molecule is CCCCCC/C=C\C=C/CCCCCCCC(=O)O[C@H](COC(=O)CCCCCCCCCCCCCC)COP(=O)(O)OC[C@H](O)COP(=O)(O)OC[C@@H](COC(=O)CCCCCCCCCCCCCCCCCC(C)C)OC(=O)CCCCCCCCCCCCCCCCCCCCC. The summed E-state index contributed by atoms with van der Waals surface area (Å²) in [6.07, 6.45) is 72.9. The van der Waals surface area contributed by atoms with Crippen molar-refractivity contribution in [2.24, 2.45) is 5.92 Å². The van der Waals surface area contributed by atoms with E-state index in [-0.39, 0.29) is 25.7 Å². The van der Waals surface area contributed by atoms with E-state index < -0.39 is 97.5 Å². The molecule has 17 nitrogen and oxygen atoms in total. The first-order valence-electron chi connectivity index (χ1n) is 43.5. The molecule has 104 heavy (non-hydrogen) atoms. The predicted octanol–water partition coefficient (Wildman–Crippen LogP) is 25.5. The zero-order chi connectivity index (χ0) is 76.2. The summed E-state index contributed by atoms with van der Waals surface area (Å²) in [5.41, 5.74) is 0. The number of rotatable bonds is 83. The number of unbranched alkanes of at least 4 members (excludes halogenated alkanes) is 52. The topological polar surface area (TPSA) is 237 Å². The van der Waals surface area contributed by atoms with Gasteiger partial charge in [0, 0.05) is 25.7 Å². The van der Waals surface area contributed by atoms with E-state index in [9.17, 15) is 43.2 Å². The van der Waals surface area contributed by atoms with Crippen molar-refractivity contribution in [3.63, 3.8) is 0 Å². The molecule has 0 saturated carbocycles. The Morgan fingerprint density at radius 2 is 0.519 bits per heavy atom. The van der Waals surface area contributed by atoms with Gasteiger partial charge in [0.2, 0.25) is 0 Å². The number of aliphatic hydroxyl groups is 1. The van der Waals surface area contributed by atoms with Crippen molar-refractivity contribution in [2.75, 3.05) is 39.6 Å². The van der Waals surface area contributed by atoms with Crippen molar-refractivity contribution in [3.8, 4) is 0 Å². The lowest BCUT2D eigenvalue weighted by Gasteiger charge is -2.21. The third-order valence-electron chi connectivity index (χ3n) is 19.4. The number of esters is 4. The molecule has 0 heterocycles. The van der Waals surface area contributed by atoms with Crippen molar-refractivity contribution in [2.45, 2.75) is 451 Å². The van der Waals surface area contributed by atoms with Gasteiger partial charge in [-0.1, -0.05) is 380 Å². The van der Waals surface area contributed by atoms with Crippen LogP contribution in [0.3, 0.4) is 0 Å². The molecule has 0 amide bonds. The van der Waals surface area contributed by atoms with E-state index in [1.165, 1.54) is 244 Å². The summed E-state index contributed by atoms with van der Waals surface area (Å²) in [5.74, 6) is -1.33. The summed E-state index contributed by atoms with van der Waals surface area (Å²) in [6, 6.07) is 0. The minimum Gasteiger partial charge on any atom is -0.462 e. The van der Waals surface area contributed by atoms with Gasteiger partial charge in [0.25, 0.3) is 0 Å². The lowest BCUT2D eigenvalue weighted by Crippen LogP contribution is -2.30. The van der Waals surface area contributed by atoms with Gasteiger partial charge < -0.3 is 33.8 Å². The molecule has 0 aliphatic heterocycles. The van der Waals surface area contributed by atoms with Crippen LogP contribution < -0.4 is 0 Å². The van der Waals surface area contributed by atoms with E-state index in [1.807, 2.05) is 0 Å². The maximum atomic E-state index is 13.1. The smallest absolute Gasteiger partial charge is 0.462 e. The van der Waals surface area contributed by atoms with Crippen molar-refractivity contribution >= 4 is 39.5 Å². The minimum absolute atomic E-state index is 0.0858. The number of phosphoric acid groups is 2. The van der Waals surface area contributed by atoms with Gasteiger partial charge in [0.05, 0.1) is 26.4 Å². The predicted molar refractivity (Wildman–Crippen MR) is 428 cm³/mol. The highest BCUT2D eigenvalue weighted by Gasteiger charge is 2.30. The molecular formula is C85H162O17P2. The van der Waals surface area contributed by atoms with E-state index in [0.717, 1.165) is 109 Å². The maximum Gasteiger partial charge on any atom is 0.472 e. The van der Waals surface area contributed by atoms with E-state index in [2.05, 4.69) is 58.9 Å². The number of phosphoric ester groups is 2. The Labute approximate surface area is 637 Å². The van der Waals surface area contributed by atoms with Gasteiger partial charge in [-0.15, -0.1) is 0 Å². The summed E-state index contributed by atoms with van der Waals surface area (Å²) < 4.78 is 68.8. The van der Waals surface area contributed by atoms with E-state index in [1.54, 1.807) is 0 Å². The Hall–Kier alpha value is -2.46. The molecular weight excluding hydrogens is 1350 g/mol. The van der Waals surface area contributed by atoms with Crippen LogP contribution in [0.4, 0.5) is 0 Å². The Kier molecular flexibility index (Phi) is 75.4. The fourth-order valence-electron chi connectivity index (χ4n) is 12.8. The Morgan fingerprint density at radius 1 is 0.298 bits per heavy atom. The molecule has 614 valence electrons. The van der Waals surface area contributed by atoms with E-state index in [0.29, 0.717) is 25.7 Å². The highest BCUT2D eigenvalue weighted by molar-refractivity contribution is 7.47. The lowest BCUT2D eigenvalue weighted by molar-refractivity contribution is -0.161. The first-order valence-corrected chi connectivity index (χ1v) is 46.4. The molecule has 0 fully saturated rings. The largest absolute Gasteiger partial charge is 0.472 e. The second kappa shape index (κ2) is 77.3. The molecule has 19 heteroatoms. The molecule has 0 aromatic heterocycles. The molecule has 0 saturated heterocycles. The zero-order valence-corrected chi connectivity index (χ0v) is 69.4. The molecule has 3 N–H and O–H groups in total. The quantitative estimate of drug-likeness (QED) is 0.0169. The average Bonchev–Trinajstić information content (AvgIpc) is 0.915. The standard InChI is InChI=1S/C85H162O17P2/c1-6-9-12-15-18-21-24-27-29-30-31-32-36-41-46-51-56-61-66-71-85(90)102-81(75-96-83(88)69-64-59-54-49-44-39-37-33-35-38-42-47-52-57-62-67-78(4)5)77-100-104(93,94)98-73-79(86)72-97-103(91,92)99-76-80(74-95-82(87)68-63-58-53-48-43-26-23-20-17-14-11-8-3)101-84(89)70-65-60-55-50-45-40-34-28-25-22-19-16-13-10-7-2/h22,25,28,34,78-81,86H,6-21,23-24,26-27,29-33,35-77H2,1-5H3,(H,91,92)(H,93,94)/b25-22-,34-28-/t79-,80+,81+/m0/s1. The molecule has 0 aromatic rings. The highest BCUT2D eigenvalue weighted by atomic mass is 31.2. The molecule has 0 rings (SSSR count). The summed E-state index contributed by atoms with van der Waals surface area (Å²) in [4.78, 5) is 73.2. The van der Waals surface area contributed by atoms with Crippen molar-refractivity contribution in [3.05, 3.63) is 24.3 Å². The summed E-state index contributed by atoms with van der Waals surface area (Å²) in [6.45, 7) is 7.32. The zero-order valence-electron chi connectivity index (χ0n) is 67.7. The van der Waals surface area contributed by atoms with Gasteiger partial charge in [-0.25, -0.2) is 9.13 Å². The lowest BCUT2D eigenvalue weighted by atomic mass is 10.0. The van der Waals surface area contributed by atoms with Crippen LogP contribution in [-0.2, 0) is 65.4 Å². The van der Waals surface area contributed by atoms with Crippen LogP contribution in [-0.4, -0.2) is 96.7 Å². The summed E-state index contributed by atoms with van der Waals surface area (Å²) in [7, 11) is -9.94. The molecule has 0 aromatic carbocycles. The second-order valence-electron chi connectivity index (χ2n) is 30.4. The van der Waals surface area contributed by atoms with Gasteiger partial charge >= 0.3 is 39.5 Å². The van der Waals surface area contributed by atoms with E-state index in [4.69, 9.17) is 37.0 Å². The number of hydrogen-bond acceptors (Lipinski definition) is 15. The number of ether oxygens (including phenoxy) is 4. The Morgan fingerprint density at radius 3 is 0.788 bits per heavy atom. The van der Waals surface area contributed by atoms with Gasteiger partial charge in [-0.3, -0.25) is 37.3 Å². The maximum absolute atomic E-state index is 13.1. The van der Waals surface area contributed by atoms with Crippen molar-refractivity contribution in [1.82, 2.24) is 0 Å². The number of carbonyl (C=O) groups is 4. The molecule has 2 unspecified atom stereocenters. The highest BCUT2D eigenvalue weighted by Crippen LogP contribution is 2.45. The Balaban J connectivity index is 5.28. The van der Waals surface area contributed by atoms with Crippen molar-refractivity contribution < 1.29 is 80.2 Å². The number of aliphatic hydroxyl groups excluding tert-OH is 1. The fraction of sp³-hybridized carbons (Fsp3) is 0.906.